The topological polar surface area (TPSA) is 126 Å². The Labute approximate surface area is 273 Å². The fraction of sp³-hybridized carbons (Fsp3) is 0.323. The van der Waals surface area contributed by atoms with Gasteiger partial charge < -0.3 is 14.6 Å². The quantitative estimate of drug-likeness (QED) is 0.249. The Kier molecular flexibility index (Phi) is 7.79. The Bertz CT molecular complexity index is 1840. The lowest BCUT2D eigenvalue weighted by atomic mass is 9.59. The van der Waals surface area contributed by atoms with E-state index >= 15 is 0 Å². The molecule has 0 radical (unpaired) electrons. The van der Waals surface area contributed by atoms with Gasteiger partial charge in [0.15, 0.2) is 17.4 Å². The maximum atomic E-state index is 14.2. The number of anilines is 1. The number of phenols is 1. The van der Waals surface area contributed by atoms with E-state index < -0.39 is 64.7 Å². The van der Waals surface area contributed by atoms with Crippen LogP contribution in [0.5, 0.6) is 17.2 Å². The summed E-state index contributed by atoms with van der Waals surface area (Å²) < 4.78 is 51.3. The molecule has 2 aromatic rings. The van der Waals surface area contributed by atoms with Gasteiger partial charge in [-0.25, -0.2) is 4.98 Å². The molecule has 15 heteroatoms. The van der Waals surface area contributed by atoms with Crippen molar-refractivity contribution in [3.8, 4) is 17.2 Å². The van der Waals surface area contributed by atoms with E-state index in [-0.39, 0.29) is 56.3 Å². The zero-order valence-corrected chi connectivity index (χ0v) is 26.7. The van der Waals surface area contributed by atoms with Gasteiger partial charge in [-0.1, -0.05) is 23.3 Å². The number of Topliss-reactive ketones (excluding diaryl/α,β-unsaturated/α-hetero) is 1. The van der Waals surface area contributed by atoms with Crippen LogP contribution in [-0.4, -0.2) is 59.7 Å². The number of rotatable bonds is 5. The highest BCUT2D eigenvalue weighted by molar-refractivity contribution is 9.12. The number of carbonyl (C=O) groups excluding carboxylic acids is 4. The van der Waals surface area contributed by atoms with E-state index in [1.54, 1.807) is 6.08 Å². The third-order valence-corrected chi connectivity index (χ3v) is 9.75. The van der Waals surface area contributed by atoms with Gasteiger partial charge in [0.05, 0.1) is 35.6 Å². The SMILES string of the molecule is COc1cc(O)c(C2C3=CCC4C(=O)N(N(C)c5nc(C(F)(F)F)ccc5Cl)C(=O)C4C3CC3=C2C(=O)C=C(Br)C3=O)c(OC)c1. The van der Waals surface area contributed by atoms with E-state index in [0.717, 1.165) is 22.2 Å². The second kappa shape index (κ2) is 11.3. The molecule has 0 saturated carbocycles. The smallest absolute Gasteiger partial charge is 0.433 e. The number of hydrazine groups is 1. The summed E-state index contributed by atoms with van der Waals surface area (Å²) in [6, 6.07) is 4.52. The minimum Gasteiger partial charge on any atom is -0.507 e. The number of methoxy groups -OCH3 is 2. The minimum atomic E-state index is -4.81. The van der Waals surface area contributed by atoms with Crippen molar-refractivity contribution in [2.75, 3.05) is 26.3 Å². The van der Waals surface area contributed by atoms with Crippen LogP contribution in [0.4, 0.5) is 19.0 Å². The van der Waals surface area contributed by atoms with Gasteiger partial charge in [-0.3, -0.25) is 24.2 Å². The predicted octanol–water partition coefficient (Wildman–Crippen LogP) is 5.29. The fourth-order valence-corrected chi connectivity index (χ4v) is 7.57. The standard InChI is InChI=1S/C31H24BrClF3N3O7/c1-38(28-18(33)6-7-22(37-28)31(34,35)36)39-29(43)14-5-4-13-15(23(14)30(39)44)10-16-24(20(41)11-17(32)27(16)42)25(13)26-19(40)8-12(45-2)9-21(26)46-3/h4,6-9,11,14-15,23,25,40H,5,10H2,1-3H3. The number of pyridine rings is 1. The number of hydrogen-bond donors (Lipinski definition) is 1. The molecule has 2 heterocycles. The van der Waals surface area contributed by atoms with Gasteiger partial charge in [0, 0.05) is 47.9 Å². The number of benzene rings is 1. The summed E-state index contributed by atoms with van der Waals surface area (Å²) in [5.41, 5.74) is -0.352. The lowest BCUT2D eigenvalue weighted by molar-refractivity contribution is -0.141. The molecule has 1 aliphatic heterocycles. The second-order valence-corrected chi connectivity index (χ2v) is 12.4. The van der Waals surface area contributed by atoms with Crippen LogP contribution >= 0.6 is 27.5 Å². The number of ketones is 2. The molecule has 1 aromatic heterocycles. The Morgan fingerprint density at radius 2 is 1.80 bits per heavy atom. The number of imide groups is 1. The first-order valence-electron chi connectivity index (χ1n) is 13.9. The maximum absolute atomic E-state index is 14.2. The zero-order valence-electron chi connectivity index (χ0n) is 24.3. The Morgan fingerprint density at radius 3 is 2.46 bits per heavy atom. The number of halogens is 5. The normalized spacial score (nSPS) is 24.3. The van der Waals surface area contributed by atoms with Crippen molar-refractivity contribution in [2.45, 2.75) is 24.9 Å². The van der Waals surface area contributed by atoms with Crippen LogP contribution in [0.1, 0.15) is 30.0 Å². The molecule has 4 aliphatic rings. The molecule has 6 rings (SSSR count). The van der Waals surface area contributed by atoms with Crippen molar-refractivity contribution in [3.63, 3.8) is 0 Å². The van der Waals surface area contributed by atoms with Gasteiger partial charge in [-0.2, -0.15) is 18.2 Å². The van der Waals surface area contributed by atoms with E-state index in [1.165, 1.54) is 33.4 Å². The second-order valence-electron chi connectivity index (χ2n) is 11.2. The highest BCUT2D eigenvalue weighted by Gasteiger charge is 2.58. The van der Waals surface area contributed by atoms with Crippen LogP contribution in [-0.2, 0) is 25.4 Å². The third kappa shape index (κ3) is 4.80. The zero-order chi connectivity index (χ0) is 33.4. The molecule has 3 aliphatic carbocycles. The summed E-state index contributed by atoms with van der Waals surface area (Å²) in [4.78, 5) is 58.6. The predicted molar refractivity (Wildman–Crippen MR) is 160 cm³/mol. The Hall–Kier alpha value is -4.17. The number of fused-ring (bicyclic) bond motifs is 3. The molecule has 0 spiro atoms. The highest BCUT2D eigenvalue weighted by atomic mass is 79.9. The van der Waals surface area contributed by atoms with Gasteiger partial charge >= 0.3 is 6.18 Å². The molecule has 1 saturated heterocycles. The molecular formula is C31H24BrClF3N3O7. The van der Waals surface area contributed by atoms with Crippen LogP contribution in [0, 0.1) is 17.8 Å². The van der Waals surface area contributed by atoms with Gasteiger partial charge in [-0.15, -0.1) is 0 Å². The first kappa shape index (κ1) is 31.8. The summed E-state index contributed by atoms with van der Waals surface area (Å²) in [7, 11) is 3.97. The number of allylic oxidation sites excluding steroid dienone is 6. The lowest BCUT2D eigenvalue weighted by Gasteiger charge is -2.42. The molecule has 4 atom stereocenters. The van der Waals surface area contributed by atoms with E-state index in [9.17, 15) is 37.5 Å². The number of ether oxygens (including phenoxy) is 2. The van der Waals surface area contributed by atoms with Gasteiger partial charge in [0.25, 0.3) is 11.8 Å². The summed E-state index contributed by atoms with van der Waals surface area (Å²) >= 11 is 9.35. The number of phenolic OH excluding ortho intramolecular Hbond substituents is 1. The van der Waals surface area contributed by atoms with Gasteiger partial charge in [0.2, 0.25) is 0 Å². The van der Waals surface area contributed by atoms with E-state index in [0.29, 0.717) is 11.6 Å². The number of aromatic nitrogens is 1. The largest absolute Gasteiger partial charge is 0.507 e. The molecule has 1 N–H and O–H groups in total. The van der Waals surface area contributed by atoms with Crippen molar-refractivity contribution in [2.24, 2.45) is 17.8 Å². The summed E-state index contributed by atoms with van der Waals surface area (Å²) in [5.74, 6) is -6.53. The molecule has 1 aromatic carbocycles. The molecule has 1 fully saturated rings. The Balaban J connectivity index is 1.47. The first-order chi connectivity index (χ1) is 21.7. The van der Waals surface area contributed by atoms with Crippen molar-refractivity contribution in [3.05, 3.63) is 73.9 Å². The molecule has 0 bridgehead atoms. The maximum Gasteiger partial charge on any atom is 0.433 e. The van der Waals surface area contributed by atoms with E-state index in [1.807, 2.05) is 0 Å². The van der Waals surface area contributed by atoms with Gasteiger partial charge in [-0.05, 0) is 46.8 Å². The molecular weight excluding hydrogens is 699 g/mol. The summed E-state index contributed by atoms with van der Waals surface area (Å²) in [6.45, 7) is 0. The summed E-state index contributed by atoms with van der Waals surface area (Å²) in [5, 5.41) is 12.6. The lowest BCUT2D eigenvalue weighted by Crippen LogP contribution is -2.46. The van der Waals surface area contributed by atoms with Crippen molar-refractivity contribution >= 4 is 56.7 Å². The van der Waals surface area contributed by atoms with Crippen molar-refractivity contribution < 1.29 is 46.9 Å². The number of aromatic hydroxyl groups is 1. The number of carbonyl (C=O) groups is 4. The first-order valence-corrected chi connectivity index (χ1v) is 15.1. The third-order valence-electron chi connectivity index (χ3n) is 8.87. The molecule has 10 nitrogen and oxygen atoms in total. The fourth-order valence-electron chi connectivity index (χ4n) is 6.89. The van der Waals surface area contributed by atoms with Crippen LogP contribution in [0.15, 0.2) is 57.6 Å². The monoisotopic (exact) mass is 721 g/mol. The van der Waals surface area contributed by atoms with Crippen molar-refractivity contribution in [1.82, 2.24) is 9.99 Å². The average Bonchev–Trinajstić information content (AvgIpc) is 3.27. The van der Waals surface area contributed by atoms with Crippen LogP contribution < -0.4 is 14.5 Å². The Morgan fingerprint density at radius 1 is 1.09 bits per heavy atom. The van der Waals surface area contributed by atoms with Crippen LogP contribution in [0.2, 0.25) is 5.02 Å². The molecule has 2 amide bonds. The van der Waals surface area contributed by atoms with Crippen LogP contribution in [0.3, 0.4) is 0 Å². The minimum absolute atomic E-state index is 0.0150. The number of hydrogen-bond acceptors (Lipinski definition) is 9. The highest BCUT2D eigenvalue weighted by Crippen LogP contribution is 2.58. The van der Waals surface area contributed by atoms with E-state index in [2.05, 4.69) is 20.9 Å². The van der Waals surface area contributed by atoms with Crippen LogP contribution in [0.25, 0.3) is 0 Å². The number of nitrogens with zero attached hydrogens (tertiary/aromatic N) is 3. The summed E-state index contributed by atoms with van der Waals surface area (Å²) in [6.07, 6.45) is -1.98. The average molecular weight is 723 g/mol. The van der Waals surface area contributed by atoms with E-state index in [4.69, 9.17) is 21.1 Å². The number of amides is 2. The van der Waals surface area contributed by atoms with Crippen molar-refractivity contribution in [1.29, 1.82) is 0 Å². The molecule has 240 valence electrons. The number of alkyl halides is 3. The molecule has 46 heavy (non-hydrogen) atoms. The van der Waals surface area contributed by atoms with Gasteiger partial charge in [0.1, 0.15) is 22.9 Å². The molecule has 4 unspecified atom stereocenters.